The van der Waals surface area contributed by atoms with Crippen LogP contribution in [-0.4, -0.2) is 158 Å². The number of guanidine groups is 3. The van der Waals surface area contributed by atoms with E-state index in [0.717, 1.165) is 89.6 Å². The Bertz CT molecular complexity index is 4830. The molecule has 7 heterocycles. The van der Waals surface area contributed by atoms with Crippen molar-refractivity contribution in [3.8, 4) is 23.0 Å². The van der Waals surface area contributed by atoms with Crippen LogP contribution >= 0.6 is 0 Å². The lowest BCUT2D eigenvalue weighted by atomic mass is 9.79. The maximum atomic E-state index is 13.8. The molecule has 6 aromatic rings. The zero-order chi connectivity index (χ0) is 83.1. The highest BCUT2D eigenvalue weighted by Gasteiger charge is 2.55. The fourth-order valence-corrected chi connectivity index (χ4v) is 18.5. The van der Waals surface area contributed by atoms with Gasteiger partial charge in [-0.15, -0.1) is 0 Å². The van der Waals surface area contributed by atoms with E-state index in [2.05, 4.69) is 22.9 Å². The molecule has 6 amide bonds. The molecule has 0 unspecified atom stereocenters. The number of aliphatic imine (C=N–C) groups is 3. The molecule has 6 aromatic carbocycles. The van der Waals surface area contributed by atoms with Crippen molar-refractivity contribution >= 4 is 53.3 Å². The van der Waals surface area contributed by atoms with Gasteiger partial charge in [-0.25, -0.2) is 15.0 Å². The number of ether oxygens (including phenoxy) is 6. The number of para-hydroxylation sites is 2. The first kappa shape index (κ1) is 83.5. The summed E-state index contributed by atoms with van der Waals surface area (Å²) in [5.74, 6) is 1.98. The molecule has 116 heavy (non-hydrogen) atoms. The van der Waals surface area contributed by atoms with Crippen molar-refractivity contribution in [2.75, 3.05) is 40.6 Å². The Kier molecular flexibility index (Phi) is 24.0. The number of hydrogen-bond acceptors (Lipinski definition) is 20. The summed E-state index contributed by atoms with van der Waals surface area (Å²) >= 11 is 0. The highest BCUT2D eigenvalue weighted by molar-refractivity contribution is 6.03. The van der Waals surface area contributed by atoms with Gasteiger partial charge in [-0.3, -0.25) is 43.5 Å². The van der Waals surface area contributed by atoms with Crippen LogP contribution in [0.5, 0.6) is 23.0 Å². The van der Waals surface area contributed by atoms with Crippen molar-refractivity contribution in [2.24, 2.45) is 44.0 Å². The number of nitrogens with zero attached hydrogens (tertiary/aromatic N) is 6. The highest BCUT2D eigenvalue weighted by atomic mass is 16.5. The molecule has 0 bridgehead atoms. The van der Waals surface area contributed by atoms with Crippen LogP contribution in [0.2, 0.25) is 0 Å². The number of nitrogens with one attached hydrogen (secondary N) is 3. The number of amides is 6. The first-order chi connectivity index (χ1) is 55.4. The van der Waals surface area contributed by atoms with Gasteiger partial charge in [0.2, 0.25) is 17.7 Å². The largest absolute Gasteiger partial charge is 0.493 e. The number of aliphatic hydroxyl groups is 2. The zero-order valence-electron chi connectivity index (χ0n) is 69.1. The molecule has 618 valence electrons. The maximum absolute atomic E-state index is 13.8. The summed E-state index contributed by atoms with van der Waals surface area (Å²) in [6, 6.07) is 36.4. The van der Waals surface area contributed by atoms with Crippen LogP contribution in [0.15, 0.2) is 142 Å². The maximum Gasteiger partial charge on any atom is 0.251 e. The molecular formula is C90H114N12O14. The van der Waals surface area contributed by atoms with E-state index in [4.69, 9.17) is 60.6 Å². The minimum Gasteiger partial charge on any atom is -0.493 e. The van der Waals surface area contributed by atoms with Crippen LogP contribution in [0.3, 0.4) is 0 Å². The summed E-state index contributed by atoms with van der Waals surface area (Å²) < 4.78 is 35.4. The number of methoxy groups -OCH3 is 2. The van der Waals surface area contributed by atoms with Crippen LogP contribution in [0.4, 0.5) is 0 Å². The minimum atomic E-state index is -1.27. The Balaban J connectivity index is 0.000000152. The van der Waals surface area contributed by atoms with Gasteiger partial charge in [0, 0.05) is 71.4 Å². The molecule has 11 N–H and O–H groups in total. The number of fused-ring (bicyclic) bond motifs is 6. The zero-order valence-corrected chi connectivity index (χ0v) is 69.1. The van der Waals surface area contributed by atoms with Crippen LogP contribution < -0.4 is 52.1 Å². The summed E-state index contributed by atoms with van der Waals surface area (Å²) in [6.45, 7) is 22.8. The molecule has 26 heteroatoms. The van der Waals surface area contributed by atoms with Gasteiger partial charge in [0.25, 0.3) is 17.7 Å². The normalized spacial score (nSPS) is 26.6. The molecule has 0 aromatic heterocycles. The predicted octanol–water partition coefficient (Wildman–Crippen LogP) is 11.6. The SMILES string of the molecule is CCC1(CC)CC(=O)N([C@@H]2CCCc3ccc(C(=O)N[C@@H]4c5ccccc5OC[C@@]4(C)O)cc32)C(N)=N1.CCC1(CC)CC(=O)N([C@H]2c3cc(C(=O)N[C@@H]4c5ccccc5C[C@H]4O)ccc3O[C@@]2(C)COC)C(N)=N1.CCC1(CC)CC(=O)N([C@H]2c3cc(C(=O)N[C@@H]4c5ccccc5OC(C)(C)[C@H]4C)ccc3OC[C@H]2COC)C(N)=N1. The second kappa shape index (κ2) is 33.3. The summed E-state index contributed by atoms with van der Waals surface area (Å²) in [7, 11) is 3.20. The number of carbonyl (C=O) groups excluding carboxylic acids is 6. The van der Waals surface area contributed by atoms with E-state index in [1.807, 2.05) is 159 Å². The smallest absolute Gasteiger partial charge is 0.251 e. The second-order valence-corrected chi connectivity index (χ2v) is 33.6. The molecule has 15 rings (SSSR count). The van der Waals surface area contributed by atoms with Gasteiger partial charge < -0.3 is 71.8 Å². The average molecular weight is 1590 g/mol. The van der Waals surface area contributed by atoms with E-state index in [9.17, 15) is 39.0 Å². The number of carbonyl (C=O) groups is 6. The number of aryl methyl sites for hydroxylation is 1. The predicted molar refractivity (Wildman–Crippen MR) is 441 cm³/mol. The first-order valence-electron chi connectivity index (χ1n) is 41.0. The number of nitrogens with two attached hydrogens (primary N) is 3. The Morgan fingerprint density at radius 1 is 0.543 bits per heavy atom. The van der Waals surface area contributed by atoms with E-state index in [1.54, 1.807) is 61.3 Å². The number of benzene rings is 6. The second-order valence-electron chi connectivity index (χ2n) is 33.6. The van der Waals surface area contributed by atoms with E-state index in [0.29, 0.717) is 78.4 Å². The van der Waals surface area contributed by atoms with Gasteiger partial charge in [-0.05, 0) is 168 Å². The van der Waals surface area contributed by atoms with Crippen LogP contribution in [0.1, 0.15) is 259 Å². The monoisotopic (exact) mass is 1590 g/mol. The average Bonchev–Trinajstić information content (AvgIpc) is 1.47. The third-order valence-corrected chi connectivity index (χ3v) is 26.0. The first-order valence-corrected chi connectivity index (χ1v) is 41.0. The Labute approximate surface area is 679 Å². The van der Waals surface area contributed by atoms with E-state index >= 15 is 0 Å². The van der Waals surface area contributed by atoms with Gasteiger partial charge in [0.05, 0.1) is 92.0 Å². The number of hydrogen-bond donors (Lipinski definition) is 8. The quantitative estimate of drug-likeness (QED) is 0.0373. The minimum absolute atomic E-state index is 0.0144. The van der Waals surface area contributed by atoms with Gasteiger partial charge in [0.1, 0.15) is 46.8 Å². The molecular weight excluding hydrogens is 1470 g/mol. The van der Waals surface area contributed by atoms with Crippen molar-refractivity contribution in [1.82, 2.24) is 30.7 Å². The fraction of sp³-hybridized carbons (Fsp3) is 0.500. The van der Waals surface area contributed by atoms with Crippen LogP contribution in [0.25, 0.3) is 0 Å². The lowest BCUT2D eigenvalue weighted by molar-refractivity contribution is -0.136. The van der Waals surface area contributed by atoms with E-state index in [-0.39, 0.29) is 103 Å². The Morgan fingerprint density at radius 2 is 1.03 bits per heavy atom. The molecule has 7 aliphatic heterocycles. The lowest BCUT2D eigenvalue weighted by Crippen LogP contribution is -2.58. The molecule has 0 saturated carbocycles. The molecule has 0 saturated heterocycles. The summed E-state index contributed by atoms with van der Waals surface area (Å²) in [6.07, 6.45) is 7.59. The molecule has 0 spiro atoms. The molecule has 9 aliphatic rings. The molecule has 2 aliphatic carbocycles. The Hall–Kier alpha value is -10.4. The molecule has 11 atom stereocenters. The Morgan fingerprint density at radius 3 is 1.62 bits per heavy atom. The third-order valence-electron chi connectivity index (χ3n) is 26.0. The number of rotatable bonds is 19. The van der Waals surface area contributed by atoms with E-state index in [1.165, 1.54) is 4.90 Å². The molecule has 26 nitrogen and oxygen atoms in total. The fourth-order valence-electron chi connectivity index (χ4n) is 18.5. The van der Waals surface area contributed by atoms with Crippen molar-refractivity contribution in [1.29, 1.82) is 0 Å². The summed E-state index contributed by atoms with van der Waals surface area (Å²) in [5, 5.41) is 30.9. The standard InChI is InChI=1S/C32H42N4O5.C29H36N4O5.C29H36N4O4/c1-7-32(8-2)16-26(37)36(30(33)35-32)28-21(17-39-6)18-40-24-14-13-20(15-23(24)28)29(38)34-27-19(3)31(4,5)41-25-12-10-9-11-22(25)27;1-5-29(6-2)15-23(35)33(27(30)32-29)25-20-13-18(11-12-22(20)38-28(25,3)16-37-4)26(36)31-24-19-10-8-7-9-17(19)14-21(24)34;1-4-29(5-2)16-24(34)33(27(30)32-29)22-11-8-9-18-13-14-19(15-21(18)22)26(35)31-25-20-10-6-7-12-23(20)37-17-28(25,3)36/h9-15,19,21,27-28H,7-8,16-18H2,1-6H3,(H2,33,35)(H,34,38);7-13,21,24-25,34H,5-6,14-16H2,1-4H3,(H2,30,32)(H,31,36);6-7,10,12-15,22,25,36H,4-5,8-9,11,16-17H2,1-3H3,(H2,30,32)(H,31,35)/t19-,21+,27-,28+;21-,24-,25+,28+;22-,25-,28-/m011/s1. The molecule has 0 fully saturated rings. The van der Waals surface area contributed by atoms with Crippen LogP contribution in [-0.2, 0) is 36.7 Å². The van der Waals surface area contributed by atoms with Gasteiger partial charge in [-0.1, -0.05) is 115 Å². The lowest BCUT2D eigenvalue weighted by Gasteiger charge is -2.44. The van der Waals surface area contributed by atoms with Gasteiger partial charge >= 0.3 is 0 Å². The van der Waals surface area contributed by atoms with Crippen molar-refractivity contribution in [2.45, 2.75) is 235 Å². The summed E-state index contributed by atoms with van der Waals surface area (Å²) in [4.78, 5) is 100. The van der Waals surface area contributed by atoms with Gasteiger partial charge in [-0.2, -0.15) is 0 Å². The van der Waals surface area contributed by atoms with Crippen molar-refractivity contribution < 1.29 is 67.4 Å². The summed E-state index contributed by atoms with van der Waals surface area (Å²) in [5.41, 5.74) is 23.7. The van der Waals surface area contributed by atoms with Gasteiger partial charge in [0.15, 0.2) is 23.5 Å². The van der Waals surface area contributed by atoms with E-state index < -0.39 is 63.7 Å². The number of aliphatic hydroxyl groups excluding tert-OH is 1. The van der Waals surface area contributed by atoms with Crippen LogP contribution in [0, 0.1) is 11.8 Å². The third kappa shape index (κ3) is 15.9. The molecule has 0 radical (unpaired) electrons. The van der Waals surface area contributed by atoms with Crippen molar-refractivity contribution in [3.63, 3.8) is 0 Å². The topological polar surface area (TPSA) is 359 Å². The highest BCUT2D eigenvalue weighted by Crippen LogP contribution is 2.51. The van der Waals surface area contributed by atoms with Crippen molar-refractivity contribution in [3.05, 3.63) is 189 Å².